The van der Waals surface area contributed by atoms with Crippen LogP contribution in [0.3, 0.4) is 0 Å². The molecule has 0 aliphatic carbocycles. The summed E-state index contributed by atoms with van der Waals surface area (Å²) in [5.74, 6) is 1.05. The summed E-state index contributed by atoms with van der Waals surface area (Å²) in [6, 6.07) is 21.1. The Bertz CT molecular complexity index is 1200. The first-order valence-corrected chi connectivity index (χ1v) is 14.0. The van der Waals surface area contributed by atoms with Gasteiger partial charge in [-0.2, -0.15) is 11.8 Å². The molecule has 33 heavy (non-hydrogen) atoms. The normalized spacial score (nSPS) is 11.2. The van der Waals surface area contributed by atoms with E-state index in [1.165, 1.54) is 0 Å². The third kappa shape index (κ3) is 7.24. The molecule has 3 aromatic rings. The maximum atomic E-state index is 13.4. The molecule has 0 unspecified atom stereocenters. The molecule has 1 N–H and O–H groups in total. The van der Waals surface area contributed by atoms with E-state index in [1.54, 1.807) is 60.3 Å². The molecular formula is C24H24BrClN2O3S2. The lowest BCUT2D eigenvalue weighted by Gasteiger charge is -2.24. The minimum Gasteiger partial charge on any atom is -0.354 e. The SMILES string of the molecule is Cc1ccc(S(=O)(=O)N(CC(=O)NCCSCc2ccccc2Cl)c2cccc(Br)c2)cc1. The third-order valence-electron chi connectivity index (χ3n) is 4.78. The molecule has 0 atom stereocenters. The summed E-state index contributed by atoms with van der Waals surface area (Å²) in [5.41, 5.74) is 2.41. The van der Waals surface area contributed by atoms with Crippen LogP contribution >= 0.6 is 39.3 Å². The molecule has 0 bridgehead atoms. The van der Waals surface area contributed by atoms with Crippen LogP contribution in [-0.4, -0.2) is 33.2 Å². The van der Waals surface area contributed by atoms with E-state index in [1.807, 2.05) is 31.2 Å². The second-order valence-corrected chi connectivity index (χ2v) is 11.6. The number of nitrogens with zero attached hydrogens (tertiary/aromatic N) is 1. The Morgan fingerprint density at radius 1 is 1.06 bits per heavy atom. The Morgan fingerprint density at radius 2 is 1.79 bits per heavy atom. The third-order valence-corrected chi connectivity index (χ3v) is 8.43. The zero-order valence-corrected chi connectivity index (χ0v) is 22.0. The van der Waals surface area contributed by atoms with Crippen molar-refractivity contribution in [3.05, 3.63) is 93.4 Å². The van der Waals surface area contributed by atoms with Gasteiger partial charge in [-0.3, -0.25) is 9.10 Å². The van der Waals surface area contributed by atoms with Gasteiger partial charge in [0.05, 0.1) is 10.6 Å². The van der Waals surface area contributed by atoms with Gasteiger partial charge in [-0.1, -0.05) is 69.5 Å². The minimum absolute atomic E-state index is 0.135. The van der Waals surface area contributed by atoms with Crippen LogP contribution in [0.25, 0.3) is 0 Å². The maximum Gasteiger partial charge on any atom is 0.264 e. The number of hydrogen-bond donors (Lipinski definition) is 1. The number of sulfonamides is 1. The first-order chi connectivity index (χ1) is 15.8. The average Bonchev–Trinajstić information content (AvgIpc) is 2.78. The lowest BCUT2D eigenvalue weighted by molar-refractivity contribution is -0.119. The summed E-state index contributed by atoms with van der Waals surface area (Å²) in [6.07, 6.45) is 0. The van der Waals surface area contributed by atoms with Crippen LogP contribution in [0.4, 0.5) is 5.69 Å². The first kappa shape index (κ1) is 25.6. The molecule has 3 rings (SSSR count). The quantitative estimate of drug-likeness (QED) is 0.321. The van der Waals surface area contributed by atoms with Crippen molar-refractivity contribution in [3.8, 4) is 0 Å². The number of amides is 1. The van der Waals surface area contributed by atoms with Crippen molar-refractivity contribution in [2.24, 2.45) is 0 Å². The van der Waals surface area contributed by atoms with Crippen LogP contribution in [0, 0.1) is 6.92 Å². The molecule has 0 heterocycles. The molecule has 0 saturated carbocycles. The number of anilines is 1. The molecular weight excluding hydrogens is 544 g/mol. The highest BCUT2D eigenvalue weighted by atomic mass is 79.9. The molecule has 5 nitrogen and oxygen atoms in total. The standard InChI is InChI=1S/C24H24BrClN2O3S2/c1-18-9-11-22(12-10-18)33(30,31)28(21-7-4-6-20(25)15-21)16-24(29)27-13-14-32-17-19-5-2-3-8-23(19)26/h2-12,15H,13-14,16-17H2,1H3,(H,27,29). The molecule has 9 heteroatoms. The smallest absolute Gasteiger partial charge is 0.264 e. The number of nitrogens with one attached hydrogen (secondary N) is 1. The predicted molar refractivity (Wildman–Crippen MR) is 140 cm³/mol. The minimum atomic E-state index is -3.93. The zero-order chi connectivity index (χ0) is 23.8. The van der Waals surface area contributed by atoms with Gasteiger partial charge < -0.3 is 5.32 Å². The number of rotatable bonds is 10. The number of benzene rings is 3. The number of carbonyl (C=O) groups excluding carboxylic acids is 1. The highest BCUT2D eigenvalue weighted by Crippen LogP contribution is 2.26. The van der Waals surface area contributed by atoms with Gasteiger partial charge in [-0.15, -0.1) is 0 Å². The van der Waals surface area contributed by atoms with Gasteiger partial charge in [0.1, 0.15) is 6.54 Å². The Hall–Kier alpha value is -2.00. The van der Waals surface area contributed by atoms with Gasteiger partial charge in [0.25, 0.3) is 10.0 Å². The van der Waals surface area contributed by atoms with E-state index in [0.29, 0.717) is 18.0 Å². The average molecular weight is 568 g/mol. The molecule has 0 aliphatic rings. The van der Waals surface area contributed by atoms with E-state index >= 15 is 0 Å². The molecule has 3 aromatic carbocycles. The monoisotopic (exact) mass is 566 g/mol. The molecule has 174 valence electrons. The lowest BCUT2D eigenvalue weighted by atomic mass is 10.2. The van der Waals surface area contributed by atoms with Gasteiger partial charge in [0.2, 0.25) is 5.91 Å². The fourth-order valence-electron chi connectivity index (χ4n) is 3.03. The summed E-state index contributed by atoms with van der Waals surface area (Å²) in [7, 11) is -3.93. The molecule has 0 spiro atoms. The summed E-state index contributed by atoms with van der Waals surface area (Å²) in [4.78, 5) is 12.8. The van der Waals surface area contributed by atoms with Crippen LogP contribution in [0.15, 0.2) is 82.2 Å². The number of thioether (sulfide) groups is 1. The van der Waals surface area contributed by atoms with E-state index in [4.69, 9.17) is 11.6 Å². The van der Waals surface area contributed by atoms with Crippen molar-refractivity contribution in [2.45, 2.75) is 17.6 Å². The molecule has 0 saturated heterocycles. The summed E-state index contributed by atoms with van der Waals surface area (Å²) >= 11 is 11.2. The van der Waals surface area contributed by atoms with Crippen molar-refractivity contribution in [3.63, 3.8) is 0 Å². The number of carbonyl (C=O) groups is 1. The van der Waals surface area contributed by atoms with E-state index in [9.17, 15) is 13.2 Å². The van der Waals surface area contributed by atoms with Gasteiger partial charge >= 0.3 is 0 Å². The first-order valence-electron chi connectivity index (χ1n) is 10.2. The van der Waals surface area contributed by atoms with Crippen LogP contribution in [0.5, 0.6) is 0 Å². The fraction of sp³-hybridized carbons (Fsp3) is 0.208. The fourth-order valence-corrected chi connectivity index (χ4v) is 5.97. The maximum absolute atomic E-state index is 13.4. The van der Waals surface area contributed by atoms with Crippen molar-refractivity contribution in [1.29, 1.82) is 0 Å². The largest absolute Gasteiger partial charge is 0.354 e. The predicted octanol–water partition coefficient (Wildman–Crippen LogP) is 5.66. The molecule has 0 aromatic heterocycles. The van der Waals surface area contributed by atoms with Crippen LogP contribution in [0.2, 0.25) is 5.02 Å². The van der Waals surface area contributed by atoms with Crippen molar-refractivity contribution in [1.82, 2.24) is 5.32 Å². The van der Waals surface area contributed by atoms with Gasteiger partial charge in [0.15, 0.2) is 0 Å². The molecule has 0 fully saturated rings. The van der Waals surface area contributed by atoms with E-state index < -0.39 is 10.0 Å². The molecule has 0 aliphatic heterocycles. The Morgan fingerprint density at radius 3 is 2.48 bits per heavy atom. The van der Waals surface area contributed by atoms with Crippen molar-refractivity contribution < 1.29 is 13.2 Å². The van der Waals surface area contributed by atoms with Crippen molar-refractivity contribution >= 4 is 60.9 Å². The number of aryl methyl sites for hydroxylation is 1. The highest BCUT2D eigenvalue weighted by Gasteiger charge is 2.27. The topological polar surface area (TPSA) is 66.5 Å². The second kappa shape index (κ2) is 11.9. The van der Waals surface area contributed by atoms with Crippen LogP contribution < -0.4 is 9.62 Å². The summed E-state index contributed by atoms with van der Waals surface area (Å²) in [5, 5.41) is 3.54. The Balaban J connectivity index is 1.65. The van der Waals surface area contributed by atoms with E-state index in [2.05, 4.69) is 21.2 Å². The summed E-state index contributed by atoms with van der Waals surface area (Å²) in [6.45, 7) is 1.99. The van der Waals surface area contributed by atoms with E-state index in [0.717, 1.165) is 30.7 Å². The van der Waals surface area contributed by atoms with Crippen LogP contribution in [-0.2, 0) is 20.6 Å². The Kier molecular flexibility index (Phi) is 9.26. The zero-order valence-electron chi connectivity index (χ0n) is 18.0. The summed E-state index contributed by atoms with van der Waals surface area (Å²) < 4.78 is 28.6. The number of hydrogen-bond acceptors (Lipinski definition) is 4. The lowest BCUT2D eigenvalue weighted by Crippen LogP contribution is -2.41. The van der Waals surface area contributed by atoms with Gasteiger partial charge in [0, 0.05) is 27.5 Å². The highest BCUT2D eigenvalue weighted by molar-refractivity contribution is 9.10. The number of halogens is 2. The second-order valence-electron chi connectivity index (χ2n) is 7.30. The Labute approximate surface area is 212 Å². The van der Waals surface area contributed by atoms with E-state index in [-0.39, 0.29) is 17.3 Å². The van der Waals surface area contributed by atoms with Gasteiger partial charge in [-0.05, 0) is 48.9 Å². The van der Waals surface area contributed by atoms with Crippen LogP contribution in [0.1, 0.15) is 11.1 Å². The molecule has 0 radical (unpaired) electrons. The van der Waals surface area contributed by atoms with Gasteiger partial charge in [-0.25, -0.2) is 8.42 Å². The molecule has 1 amide bonds. The van der Waals surface area contributed by atoms with Crippen molar-refractivity contribution in [2.75, 3.05) is 23.1 Å².